The zero-order valence-electron chi connectivity index (χ0n) is 10.2. The van der Waals surface area contributed by atoms with Crippen molar-refractivity contribution in [3.05, 3.63) is 59.7 Å². The predicted octanol–water partition coefficient (Wildman–Crippen LogP) is 3.87. The summed E-state index contributed by atoms with van der Waals surface area (Å²) in [5, 5.41) is 3.17. The molecule has 0 aliphatic carbocycles. The van der Waals surface area contributed by atoms with Crippen LogP contribution in [0.3, 0.4) is 0 Å². The van der Waals surface area contributed by atoms with Crippen molar-refractivity contribution in [3.63, 3.8) is 0 Å². The van der Waals surface area contributed by atoms with Crippen LogP contribution < -0.4 is 5.32 Å². The normalized spacial score (nSPS) is 10.5. The van der Waals surface area contributed by atoms with Crippen LogP contribution in [0.5, 0.6) is 0 Å². The van der Waals surface area contributed by atoms with E-state index >= 15 is 0 Å². The molecule has 2 aromatic rings. The summed E-state index contributed by atoms with van der Waals surface area (Å²) in [6.07, 6.45) is 0. The number of nitrogens with one attached hydrogen (secondary N) is 1. The zero-order valence-corrected chi connectivity index (χ0v) is 11.1. The fourth-order valence-electron chi connectivity index (χ4n) is 1.76. The fraction of sp³-hybridized carbons (Fsp3) is 0.200. The SMILES string of the molecule is CNCc1ccc(Sc2ccccc2)c(C)c1. The smallest absolute Gasteiger partial charge is 0.0202 e. The molecule has 0 saturated carbocycles. The van der Waals surface area contributed by atoms with Gasteiger partial charge in [0.2, 0.25) is 0 Å². The first-order valence-corrected chi connectivity index (χ1v) is 6.58. The summed E-state index contributed by atoms with van der Waals surface area (Å²) in [7, 11) is 1.97. The van der Waals surface area contributed by atoms with Crippen molar-refractivity contribution in [1.82, 2.24) is 5.32 Å². The van der Waals surface area contributed by atoms with Crippen LogP contribution in [-0.2, 0) is 6.54 Å². The first-order chi connectivity index (χ1) is 8.29. The summed E-state index contributed by atoms with van der Waals surface area (Å²) in [5.41, 5.74) is 2.68. The van der Waals surface area contributed by atoms with E-state index in [9.17, 15) is 0 Å². The van der Waals surface area contributed by atoms with Gasteiger partial charge in [0.1, 0.15) is 0 Å². The molecule has 0 spiro atoms. The standard InChI is InChI=1S/C15H17NS/c1-12-10-13(11-16-2)8-9-15(12)17-14-6-4-3-5-7-14/h3-10,16H,11H2,1-2H3. The molecule has 0 aromatic heterocycles. The van der Waals surface area contributed by atoms with Gasteiger partial charge in [-0.1, -0.05) is 42.1 Å². The Morgan fingerprint density at radius 2 is 1.82 bits per heavy atom. The number of aryl methyl sites for hydroxylation is 1. The van der Waals surface area contributed by atoms with E-state index < -0.39 is 0 Å². The van der Waals surface area contributed by atoms with E-state index in [0.29, 0.717) is 0 Å². The summed E-state index contributed by atoms with van der Waals surface area (Å²) in [6, 6.07) is 17.1. The highest BCUT2D eigenvalue weighted by Gasteiger charge is 2.02. The van der Waals surface area contributed by atoms with E-state index in [1.807, 2.05) is 24.9 Å². The van der Waals surface area contributed by atoms with Gasteiger partial charge in [-0.05, 0) is 43.3 Å². The van der Waals surface area contributed by atoms with Crippen LogP contribution in [0.15, 0.2) is 58.3 Å². The van der Waals surface area contributed by atoms with Crippen LogP contribution in [0.4, 0.5) is 0 Å². The van der Waals surface area contributed by atoms with Gasteiger partial charge in [-0.15, -0.1) is 0 Å². The Hall–Kier alpha value is -1.25. The molecule has 0 fully saturated rings. The van der Waals surface area contributed by atoms with E-state index in [1.54, 1.807) is 0 Å². The fourth-order valence-corrected chi connectivity index (χ4v) is 2.66. The van der Waals surface area contributed by atoms with Gasteiger partial charge in [-0.25, -0.2) is 0 Å². The van der Waals surface area contributed by atoms with Gasteiger partial charge in [-0.2, -0.15) is 0 Å². The summed E-state index contributed by atoms with van der Waals surface area (Å²) in [4.78, 5) is 2.62. The van der Waals surface area contributed by atoms with Crippen molar-refractivity contribution < 1.29 is 0 Å². The summed E-state index contributed by atoms with van der Waals surface area (Å²) >= 11 is 1.82. The maximum Gasteiger partial charge on any atom is 0.0202 e. The van der Waals surface area contributed by atoms with Crippen LogP contribution in [0.25, 0.3) is 0 Å². The summed E-state index contributed by atoms with van der Waals surface area (Å²) < 4.78 is 0. The Morgan fingerprint density at radius 1 is 1.06 bits per heavy atom. The van der Waals surface area contributed by atoms with Crippen LogP contribution >= 0.6 is 11.8 Å². The van der Waals surface area contributed by atoms with Crippen LogP contribution in [0, 0.1) is 6.92 Å². The van der Waals surface area contributed by atoms with Crippen molar-refractivity contribution in [3.8, 4) is 0 Å². The minimum atomic E-state index is 0.928. The van der Waals surface area contributed by atoms with Gasteiger partial charge >= 0.3 is 0 Å². The Morgan fingerprint density at radius 3 is 2.47 bits per heavy atom. The maximum atomic E-state index is 3.17. The molecule has 0 heterocycles. The molecular formula is C15H17NS. The summed E-state index contributed by atoms with van der Waals surface area (Å²) in [5.74, 6) is 0. The quantitative estimate of drug-likeness (QED) is 0.875. The van der Waals surface area contributed by atoms with Crippen LogP contribution in [0.1, 0.15) is 11.1 Å². The van der Waals surface area contributed by atoms with Gasteiger partial charge in [0.05, 0.1) is 0 Å². The third-order valence-corrected chi connectivity index (χ3v) is 3.78. The molecule has 0 atom stereocenters. The molecule has 2 rings (SSSR count). The van der Waals surface area contributed by atoms with Crippen LogP contribution in [-0.4, -0.2) is 7.05 Å². The third kappa shape index (κ3) is 3.35. The molecule has 1 nitrogen and oxygen atoms in total. The van der Waals surface area contributed by atoms with Gasteiger partial charge in [-0.3, -0.25) is 0 Å². The number of hydrogen-bond donors (Lipinski definition) is 1. The molecule has 17 heavy (non-hydrogen) atoms. The molecular weight excluding hydrogens is 226 g/mol. The Bertz CT molecular complexity index is 480. The lowest BCUT2D eigenvalue weighted by molar-refractivity contribution is 0.815. The topological polar surface area (TPSA) is 12.0 Å². The molecule has 0 bridgehead atoms. The van der Waals surface area contributed by atoms with Crippen molar-refractivity contribution in [1.29, 1.82) is 0 Å². The van der Waals surface area contributed by atoms with Gasteiger partial charge in [0.15, 0.2) is 0 Å². The molecule has 2 aromatic carbocycles. The van der Waals surface area contributed by atoms with E-state index in [0.717, 1.165) is 6.54 Å². The molecule has 0 saturated heterocycles. The van der Waals surface area contributed by atoms with Gasteiger partial charge < -0.3 is 5.32 Å². The number of benzene rings is 2. The van der Waals surface area contributed by atoms with Crippen molar-refractivity contribution in [2.24, 2.45) is 0 Å². The van der Waals surface area contributed by atoms with E-state index in [1.165, 1.54) is 20.9 Å². The maximum absolute atomic E-state index is 3.17. The van der Waals surface area contributed by atoms with E-state index in [4.69, 9.17) is 0 Å². The first kappa shape index (κ1) is 12.2. The third-order valence-electron chi connectivity index (χ3n) is 2.59. The van der Waals surface area contributed by atoms with E-state index in [2.05, 4.69) is 54.7 Å². The average Bonchev–Trinajstić information content (AvgIpc) is 2.34. The van der Waals surface area contributed by atoms with Crippen LogP contribution in [0.2, 0.25) is 0 Å². The summed E-state index contributed by atoms with van der Waals surface area (Å²) in [6.45, 7) is 3.10. The average molecular weight is 243 g/mol. The van der Waals surface area contributed by atoms with Gasteiger partial charge in [0.25, 0.3) is 0 Å². The van der Waals surface area contributed by atoms with Crippen molar-refractivity contribution in [2.75, 3.05) is 7.05 Å². The van der Waals surface area contributed by atoms with Gasteiger partial charge in [0, 0.05) is 16.3 Å². The highest BCUT2D eigenvalue weighted by Crippen LogP contribution is 2.30. The Kier molecular flexibility index (Phi) is 4.24. The monoisotopic (exact) mass is 243 g/mol. The highest BCUT2D eigenvalue weighted by molar-refractivity contribution is 7.99. The number of rotatable bonds is 4. The zero-order chi connectivity index (χ0) is 12.1. The van der Waals surface area contributed by atoms with Crippen molar-refractivity contribution in [2.45, 2.75) is 23.3 Å². The molecule has 0 radical (unpaired) electrons. The molecule has 0 amide bonds. The highest BCUT2D eigenvalue weighted by atomic mass is 32.2. The molecule has 0 aliphatic rings. The Balaban J connectivity index is 2.17. The molecule has 0 aliphatic heterocycles. The molecule has 2 heteroatoms. The second-order valence-electron chi connectivity index (χ2n) is 4.05. The lowest BCUT2D eigenvalue weighted by Crippen LogP contribution is -2.04. The minimum absolute atomic E-state index is 0.928. The largest absolute Gasteiger partial charge is 0.316 e. The Labute approximate surface area is 107 Å². The molecule has 0 unspecified atom stereocenters. The lowest BCUT2D eigenvalue weighted by Gasteiger charge is -2.08. The molecule has 1 N–H and O–H groups in total. The predicted molar refractivity (Wildman–Crippen MR) is 74.5 cm³/mol. The molecule has 88 valence electrons. The second-order valence-corrected chi connectivity index (χ2v) is 5.16. The minimum Gasteiger partial charge on any atom is -0.316 e. The van der Waals surface area contributed by atoms with Crippen molar-refractivity contribution >= 4 is 11.8 Å². The second kappa shape index (κ2) is 5.89. The number of hydrogen-bond acceptors (Lipinski definition) is 2. The van der Waals surface area contributed by atoms with E-state index in [-0.39, 0.29) is 0 Å². The first-order valence-electron chi connectivity index (χ1n) is 5.76. The lowest BCUT2D eigenvalue weighted by atomic mass is 10.1.